The zero-order valence-electron chi connectivity index (χ0n) is 42.1. The van der Waals surface area contributed by atoms with Crippen LogP contribution >= 0.6 is 45.3 Å². The minimum absolute atomic E-state index is 0. The van der Waals surface area contributed by atoms with Crippen LogP contribution in [-0.2, 0) is 53.2 Å². The SMILES string of the molecule is CCOC(=O)Cc1csc(NC(=O)C[n+]2csc(C)c2C)n1.Cc1c(CCCCCCO)sc[n+]1CC(=O)c1cc(-c2ccccc2)no1.Cc1c(CCO)sc[n+]1CC(=O)c1cc(-c2ccccc2)no1.[Br-].[Br-].[Cl-]. The van der Waals surface area contributed by atoms with Crippen LogP contribution in [0.3, 0.4) is 0 Å². The second-order valence-electron chi connectivity index (χ2n) is 16.5. The van der Waals surface area contributed by atoms with Crippen LogP contribution in [0.2, 0.25) is 0 Å². The highest BCUT2D eigenvalue weighted by atomic mass is 79.9. The Bertz CT molecular complexity index is 3010. The number of halogens is 3. The van der Waals surface area contributed by atoms with Crippen LogP contribution < -0.4 is 65.4 Å². The first-order valence-electron chi connectivity index (χ1n) is 23.5. The number of benzene rings is 2. The first kappa shape index (κ1) is 64.1. The van der Waals surface area contributed by atoms with Crippen LogP contribution in [0, 0.1) is 27.7 Å². The molecule has 23 heteroatoms. The Morgan fingerprint density at radius 3 is 1.64 bits per heavy atom. The van der Waals surface area contributed by atoms with E-state index >= 15 is 0 Å². The summed E-state index contributed by atoms with van der Waals surface area (Å²) in [6.07, 6.45) is 5.92. The lowest BCUT2D eigenvalue weighted by Gasteiger charge is -1.99. The lowest BCUT2D eigenvalue weighted by molar-refractivity contribution is -0.685. The van der Waals surface area contributed by atoms with Gasteiger partial charge >= 0.3 is 5.97 Å². The number of aromatic nitrogens is 6. The molecular formula is C52H60Br2ClN7O9S4. The molecule has 0 aliphatic rings. The molecule has 0 aliphatic heterocycles. The van der Waals surface area contributed by atoms with Gasteiger partial charge in [0.1, 0.15) is 11.4 Å². The number of carbonyl (C=O) groups is 4. The molecule has 8 aromatic rings. The number of nitrogens with zero attached hydrogens (tertiary/aromatic N) is 6. The van der Waals surface area contributed by atoms with Gasteiger partial charge in [0.15, 0.2) is 22.2 Å². The van der Waals surface area contributed by atoms with Crippen LogP contribution in [0.5, 0.6) is 0 Å². The van der Waals surface area contributed by atoms with E-state index < -0.39 is 0 Å². The molecule has 0 aliphatic carbocycles. The molecule has 6 aromatic heterocycles. The third-order valence-electron chi connectivity index (χ3n) is 11.3. The molecule has 75 heavy (non-hydrogen) atoms. The maximum absolute atomic E-state index is 12.6. The van der Waals surface area contributed by atoms with Gasteiger partial charge in [-0.1, -0.05) is 118 Å². The fourth-order valence-corrected chi connectivity index (χ4v) is 10.7. The average molecular weight is 1250 g/mol. The summed E-state index contributed by atoms with van der Waals surface area (Å²) in [7, 11) is 0. The number of ketones is 2. The van der Waals surface area contributed by atoms with Crippen molar-refractivity contribution in [2.24, 2.45) is 0 Å². The number of aliphatic hydroxyl groups is 2. The highest BCUT2D eigenvalue weighted by Gasteiger charge is 2.25. The maximum atomic E-state index is 12.6. The number of amides is 1. The summed E-state index contributed by atoms with van der Waals surface area (Å²) >= 11 is 6.15. The smallest absolute Gasteiger partial charge is 0.311 e. The summed E-state index contributed by atoms with van der Waals surface area (Å²) in [5.74, 6) is -0.108. The van der Waals surface area contributed by atoms with E-state index in [2.05, 4.69) is 27.5 Å². The van der Waals surface area contributed by atoms with E-state index in [0.717, 1.165) is 65.2 Å². The summed E-state index contributed by atoms with van der Waals surface area (Å²) < 4.78 is 21.1. The van der Waals surface area contributed by atoms with E-state index in [-0.39, 0.29) is 121 Å². The Morgan fingerprint density at radius 1 is 0.640 bits per heavy atom. The van der Waals surface area contributed by atoms with Crippen molar-refractivity contribution in [2.75, 3.05) is 25.1 Å². The summed E-state index contributed by atoms with van der Waals surface area (Å²) in [4.78, 5) is 56.2. The molecule has 0 saturated heterocycles. The van der Waals surface area contributed by atoms with Gasteiger partial charge in [-0.2, -0.15) is 13.7 Å². The van der Waals surface area contributed by atoms with E-state index in [0.29, 0.717) is 35.2 Å². The number of aliphatic hydroxyl groups excluding tert-OH is 2. The Kier molecular flexibility index (Phi) is 28.3. The molecule has 402 valence electrons. The first-order chi connectivity index (χ1) is 34.9. The Hall–Kier alpha value is -5.17. The van der Waals surface area contributed by atoms with Gasteiger partial charge in [0.25, 0.3) is 17.5 Å². The number of anilines is 1. The third kappa shape index (κ3) is 19.4. The second kappa shape index (κ2) is 33.1. The third-order valence-corrected chi connectivity index (χ3v) is 15.4. The van der Waals surface area contributed by atoms with Crippen LogP contribution in [0.25, 0.3) is 22.5 Å². The van der Waals surface area contributed by atoms with Gasteiger partial charge in [0, 0.05) is 69.0 Å². The van der Waals surface area contributed by atoms with Crippen LogP contribution in [0.15, 0.2) is 104 Å². The van der Waals surface area contributed by atoms with Gasteiger partial charge in [-0.15, -0.1) is 11.3 Å². The number of carbonyl (C=O) groups excluding carboxylic acids is 4. The molecule has 0 radical (unpaired) electrons. The van der Waals surface area contributed by atoms with Gasteiger partial charge in [-0.25, -0.2) is 4.98 Å². The van der Waals surface area contributed by atoms with Crippen molar-refractivity contribution in [1.29, 1.82) is 0 Å². The summed E-state index contributed by atoms with van der Waals surface area (Å²) in [6.45, 7) is 11.2. The van der Waals surface area contributed by atoms with Crippen molar-refractivity contribution in [3.05, 3.63) is 144 Å². The molecule has 3 N–H and O–H groups in total. The van der Waals surface area contributed by atoms with Crippen LogP contribution in [0.1, 0.15) is 91.1 Å². The van der Waals surface area contributed by atoms with Crippen molar-refractivity contribution in [3.63, 3.8) is 0 Å². The molecule has 8 rings (SSSR count). The number of rotatable bonds is 22. The van der Waals surface area contributed by atoms with Crippen LogP contribution in [-0.4, -0.2) is 68.8 Å². The highest BCUT2D eigenvalue weighted by molar-refractivity contribution is 7.14. The number of nitrogens with one attached hydrogen (secondary N) is 1. The van der Waals surface area contributed by atoms with Crippen molar-refractivity contribution in [2.45, 2.75) is 99.2 Å². The predicted octanol–water partition coefficient (Wildman–Crippen LogP) is -0.741. The lowest BCUT2D eigenvalue weighted by atomic mass is 10.1. The number of Topliss-reactive ketones (excluding diaryl/α,β-unsaturated/α-hetero) is 2. The predicted molar refractivity (Wildman–Crippen MR) is 276 cm³/mol. The van der Waals surface area contributed by atoms with Crippen LogP contribution in [0.4, 0.5) is 5.13 Å². The van der Waals surface area contributed by atoms with E-state index in [1.54, 1.807) is 58.4 Å². The minimum Gasteiger partial charge on any atom is -1.00 e. The number of hydrogen-bond acceptors (Lipinski definition) is 16. The van der Waals surface area contributed by atoms with Gasteiger partial charge in [0.05, 0.1) is 33.4 Å². The maximum Gasteiger partial charge on any atom is 0.311 e. The Balaban J connectivity index is 0.000000292. The summed E-state index contributed by atoms with van der Waals surface area (Å²) in [5.41, 5.74) is 12.8. The van der Waals surface area contributed by atoms with Gasteiger partial charge in [0.2, 0.25) is 47.7 Å². The molecule has 2 aromatic carbocycles. The quantitative estimate of drug-likeness (QED) is 0.0333. The number of aryl methyl sites for hydroxylation is 2. The van der Waals surface area contributed by atoms with E-state index in [1.165, 1.54) is 21.1 Å². The normalized spacial score (nSPS) is 10.4. The van der Waals surface area contributed by atoms with Gasteiger partial charge in [-0.3, -0.25) is 24.5 Å². The van der Waals surface area contributed by atoms with E-state index in [4.69, 9.17) is 24.0 Å². The molecule has 0 spiro atoms. The van der Waals surface area contributed by atoms with Crippen molar-refractivity contribution >= 4 is 73.9 Å². The molecule has 0 unspecified atom stereocenters. The molecule has 1 amide bonds. The largest absolute Gasteiger partial charge is 1.00 e. The van der Waals surface area contributed by atoms with E-state index in [9.17, 15) is 19.2 Å². The number of ether oxygens (including phenoxy) is 1. The Labute approximate surface area is 479 Å². The minimum atomic E-state index is -0.314. The number of hydrogen-bond donors (Lipinski definition) is 3. The van der Waals surface area contributed by atoms with Crippen molar-refractivity contribution < 1.29 is 103 Å². The Morgan fingerprint density at radius 2 is 1.15 bits per heavy atom. The fourth-order valence-electron chi connectivity index (χ4n) is 7.10. The molecule has 0 bridgehead atoms. The monoisotopic (exact) mass is 1250 g/mol. The molecular weight excluding hydrogens is 1190 g/mol. The average Bonchev–Trinajstić information content (AvgIpc) is 4.28. The molecule has 0 atom stereocenters. The molecule has 16 nitrogen and oxygen atoms in total. The zero-order chi connectivity index (χ0) is 51.4. The van der Waals surface area contributed by atoms with Crippen molar-refractivity contribution in [1.82, 2.24) is 15.3 Å². The summed E-state index contributed by atoms with van der Waals surface area (Å²) in [5, 5.41) is 30.8. The number of thiazole rings is 4. The summed E-state index contributed by atoms with van der Waals surface area (Å²) in [6, 6.07) is 22.7. The van der Waals surface area contributed by atoms with E-state index in [1.807, 2.05) is 112 Å². The molecule has 6 heterocycles. The van der Waals surface area contributed by atoms with Crippen molar-refractivity contribution in [3.8, 4) is 22.5 Å². The number of esters is 1. The van der Waals surface area contributed by atoms with Gasteiger partial charge < -0.3 is 70.4 Å². The zero-order valence-corrected chi connectivity index (χ0v) is 49.3. The topological polar surface area (TPSA) is 207 Å². The lowest BCUT2D eigenvalue weighted by Crippen LogP contribution is -3.00. The van der Waals surface area contributed by atoms with Gasteiger partial charge in [-0.05, 0) is 33.1 Å². The standard InChI is InChI=1S/C21H25N2O3S.C17H17N2O3S.C14H17N3O3S2.2BrH.ClH/c1-16-21(11-7-2-3-8-12-24)27-15-23(16)14-19(25)20-13-18(22-26-20)17-9-5-4-6-10-17;1-12-17(7-8-20)23-11-19(12)10-15(21)16-9-14(18-22-16)13-5-3-2-4-6-13;1-4-20-13(19)5-11-7-21-14(15-11)16-12(18)6-17-8-22-10(3)9(17)2;;;/h4-6,9-10,13,15,24H,2-3,7-8,11-12,14H2,1H3;2-6,9,11,20H,7-8,10H2,1H3;7-8H,4-6H2,1-3H3;3*1H/q2*+1;;;;/p-2. The fraction of sp³-hybridized carbons (Fsp3) is 0.346. The molecule has 0 fully saturated rings. The first-order valence-corrected chi connectivity index (χ1v) is 27.0. The number of unbranched alkanes of at least 4 members (excludes halogenated alkanes) is 3. The molecule has 0 saturated carbocycles. The highest BCUT2D eigenvalue weighted by Crippen LogP contribution is 2.22. The second-order valence-corrected chi connectivity index (χ2v) is 20.3.